The lowest BCUT2D eigenvalue weighted by atomic mass is 9.97. The molecule has 0 radical (unpaired) electrons. The molecule has 146 valence electrons. The number of piperidine rings is 1. The summed E-state index contributed by atoms with van der Waals surface area (Å²) in [4.78, 5) is 38.7. The van der Waals surface area contributed by atoms with Gasteiger partial charge in [0.2, 0.25) is 11.8 Å². The lowest BCUT2D eigenvalue weighted by Crippen LogP contribution is -2.45. The summed E-state index contributed by atoms with van der Waals surface area (Å²) < 4.78 is 27.2. The highest BCUT2D eigenvalue weighted by Gasteiger charge is 2.46. The average Bonchev–Trinajstić information content (AvgIpc) is 3.43. The highest BCUT2D eigenvalue weighted by molar-refractivity contribution is 5.88. The molecule has 2 aliphatic rings. The van der Waals surface area contributed by atoms with Gasteiger partial charge in [-0.2, -0.15) is 0 Å². The number of carbonyl (C=O) groups is 3. The Balaban J connectivity index is 1.52. The predicted molar refractivity (Wildman–Crippen MR) is 91.8 cm³/mol. The van der Waals surface area contributed by atoms with E-state index in [0.29, 0.717) is 32.4 Å². The molecule has 1 aliphatic carbocycles. The molecule has 3 rings (SSSR count). The molecule has 0 aromatic heterocycles. The molecule has 2 fully saturated rings. The highest BCUT2D eigenvalue weighted by atomic mass is 19.1. The van der Waals surface area contributed by atoms with Gasteiger partial charge in [0.05, 0.1) is 12.5 Å². The van der Waals surface area contributed by atoms with Gasteiger partial charge in [0.15, 0.2) is 0 Å². The molecule has 1 N–H and O–H groups in total. The van der Waals surface area contributed by atoms with Gasteiger partial charge in [-0.05, 0) is 48.9 Å². The summed E-state index contributed by atoms with van der Waals surface area (Å²) in [6.45, 7) is 0.613. The van der Waals surface area contributed by atoms with Gasteiger partial charge in [0.25, 0.3) is 0 Å². The first-order chi connectivity index (χ1) is 12.8. The number of carboxylic acids is 1. The van der Waals surface area contributed by atoms with Crippen molar-refractivity contribution in [3.05, 3.63) is 35.4 Å². The van der Waals surface area contributed by atoms with Gasteiger partial charge in [-0.15, -0.1) is 0 Å². The molecule has 0 spiro atoms. The van der Waals surface area contributed by atoms with E-state index >= 15 is 0 Å². The number of hydrogen-bond donors (Lipinski definition) is 1. The van der Waals surface area contributed by atoms with Gasteiger partial charge >= 0.3 is 5.97 Å². The van der Waals surface area contributed by atoms with Gasteiger partial charge in [0, 0.05) is 26.1 Å². The minimum absolute atomic E-state index is 0.106. The molecule has 1 saturated heterocycles. The SMILES string of the molecule is CN(CC(=O)N1CCC(C(=O)O)CC1)C(=O)C1CC1c1cc(F)ccc1F. The molecule has 1 aliphatic heterocycles. The van der Waals surface area contributed by atoms with Crippen LogP contribution in [0, 0.1) is 23.5 Å². The largest absolute Gasteiger partial charge is 0.481 e. The number of carbonyl (C=O) groups excluding carboxylic acids is 2. The Morgan fingerprint density at radius 3 is 2.52 bits per heavy atom. The van der Waals surface area contributed by atoms with Crippen LogP contribution in [0.4, 0.5) is 8.78 Å². The molecule has 27 heavy (non-hydrogen) atoms. The van der Waals surface area contributed by atoms with Crippen LogP contribution in [0.25, 0.3) is 0 Å². The number of nitrogens with zero attached hydrogens (tertiary/aromatic N) is 2. The number of benzene rings is 1. The molecular weight excluding hydrogens is 358 g/mol. The van der Waals surface area contributed by atoms with E-state index in [1.54, 1.807) is 4.90 Å². The standard InChI is InChI=1S/C19H22F2N2O4/c1-22(10-17(24)23-6-4-11(5-7-23)19(26)27)18(25)15-9-13(15)14-8-12(20)2-3-16(14)21/h2-3,8,11,13,15H,4-7,9-10H2,1H3,(H,26,27). The van der Waals surface area contributed by atoms with E-state index in [4.69, 9.17) is 5.11 Å². The fraction of sp³-hybridized carbons (Fsp3) is 0.526. The van der Waals surface area contributed by atoms with Crippen molar-refractivity contribution in [1.82, 2.24) is 9.80 Å². The lowest BCUT2D eigenvalue weighted by Gasteiger charge is -2.31. The summed E-state index contributed by atoms with van der Waals surface area (Å²) in [6.07, 6.45) is 1.24. The molecule has 0 bridgehead atoms. The average molecular weight is 380 g/mol. The van der Waals surface area contributed by atoms with Crippen LogP contribution in [0.2, 0.25) is 0 Å². The molecule has 6 nitrogen and oxygen atoms in total. The van der Waals surface area contributed by atoms with Crippen molar-refractivity contribution in [3.63, 3.8) is 0 Å². The number of halogens is 2. The summed E-state index contributed by atoms with van der Waals surface area (Å²) >= 11 is 0. The van der Waals surface area contributed by atoms with Crippen molar-refractivity contribution < 1.29 is 28.3 Å². The van der Waals surface area contributed by atoms with Crippen molar-refractivity contribution in [2.24, 2.45) is 11.8 Å². The molecular formula is C19H22F2N2O4. The van der Waals surface area contributed by atoms with Crippen molar-refractivity contribution in [3.8, 4) is 0 Å². The minimum Gasteiger partial charge on any atom is -0.481 e. The van der Waals surface area contributed by atoms with Crippen LogP contribution in [0.5, 0.6) is 0 Å². The van der Waals surface area contributed by atoms with E-state index < -0.39 is 29.4 Å². The Kier molecular flexibility index (Phi) is 5.43. The first kappa shape index (κ1) is 19.3. The molecule has 1 heterocycles. The second-order valence-corrected chi connectivity index (χ2v) is 7.30. The number of hydrogen-bond acceptors (Lipinski definition) is 3. The number of likely N-dealkylation sites (tertiary alicyclic amines) is 1. The smallest absolute Gasteiger partial charge is 0.306 e. The number of amides is 2. The van der Waals surface area contributed by atoms with Crippen LogP contribution in [-0.2, 0) is 14.4 Å². The van der Waals surface area contributed by atoms with Gasteiger partial charge in [-0.25, -0.2) is 8.78 Å². The fourth-order valence-corrected chi connectivity index (χ4v) is 3.65. The quantitative estimate of drug-likeness (QED) is 0.846. The fourth-order valence-electron chi connectivity index (χ4n) is 3.65. The maximum Gasteiger partial charge on any atom is 0.306 e. The van der Waals surface area contributed by atoms with E-state index in [2.05, 4.69) is 0 Å². The van der Waals surface area contributed by atoms with Gasteiger partial charge in [0.1, 0.15) is 11.6 Å². The summed E-state index contributed by atoms with van der Waals surface area (Å²) in [5.74, 6) is -3.66. The zero-order valence-electron chi connectivity index (χ0n) is 15.0. The molecule has 2 unspecified atom stereocenters. The Bertz CT molecular complexity index is 762. The molecule has 1 aromatic carbocycles. The molecule has 2 amide bonds. The zero-order valence-corrected chi connectivity index (χ0v) is 15.0. The number of rotatable bonds is 5. The molecule has 1 saturated carbocycles. The molecule has 8 heteroatoms. The number of aliphatic carboxylic acids is 1. The minimum atomic E-state index is -0.848. The van der Waals surface area contributed by atoms with Crippen LogP contribution >= 0.6 is 0 Å². The van der Waals surface area contributed by atoms with E-state index in [1.807, 2.05) is 0 Å². The third-order valence-corrected chi connectivity index (χ3v) is 5.41. The summed E-state index contributed by atoms with van der Waals surface area (Å²) in [5.41, 5.74) is 0.198. The predicted octanol–water partition coefficient (Wildman–Crippen LogP) is 1.85. The first-order valence-corrected chi connectivity index (χ1v) is 8.98. The Morgan fingerprint density at radius 2 is 1.89 bits per heavy atom. The van der Waals surface area contributed by atoms with Crippen molar-refractivity contribution >= 4 is 17.8 Å². The lowest BCUT2D eigenvalue weighted by molar-refractivity contribution is -0.146. The van der Waals surface area contributed by atoms with E-state index in [0.717, 1.165) is 18.2 Å². The zero-order chi connectivity index (χ0) is 19.7. The summed E-state index contributed by atoms with van der Waals surface area (Å²) in [7, 11) is 1.52. The Hall–Kier alpha value is -2.51. The van der Waals surface area contributed by atoms with E-state index in [-0.39, 0.29) is 29.8 Å². The normalized spacial score (nSPS) is 22.4. The van der Waals surface area contributed by atoms with Gasteiger partial charge in [-0.1, -0.05) is 0 Å². The second-order valence-electron chi connectivity index (χ2n) is 7.30. The maximum absolute atomic E-state index is 13.8. The topological polar surface area (TPSA) is 77.9 Å². The first-order valence-electron chi connectivity index (χ1n) is 8.98. The van der Waals surface area contributed by atoms with Crippen LogP contribution < -0.4 is 0 Å². The molecule has 2 atom stereocenters. The summed E-state index contributed by atoms with van der Waals surface area (Å²) in [6, 6.07) is 3.21. The summed E-state index contributed by atoms with van der Waals surface area (Å²) in [5, 5.41) is 9.00. The van der Waals surface area contributed by atoms with E-state index in [1.165, 1.54) is 11.9 Å². The Morgan fingerprint density at radius 1 is 1.22 bits per heavy atom. The van der Waals surface area contributed by atoms with Gasteiger partial charge in [-0.3, -0.25) is 14.4 Å². The van der Waals surface area contributed by atoms with Crippen molar-refractivity contribution in [2.45, 2.75) is 25.2 Å². The monoisotopic (exact) mass is 380 g/mol. The molecule has 1 aromatic rings. The van der Waals surface area contributed by atoms with Crippen LogP contribution in [0.1, 0.15) is 30.7 Å². The number of carboxylic acid groups (broad SMARTS) is 1. The van der Waals surface area contributed by atoms with Crippen molar-refractivity contribution in [2.75, 3.05) is 26.7 Å². The van der Waals surface area contributed by atoms with Crippen molar-refractivity contribution in [1.29, 1.82) is 0 Å². The third-order valence-electron chi connectivity index (χ3n) is 5.41. The van der Waals surface area contributed by atoms with Gasteiger partial charge < -0.3 is 14.9 Å². The highest BCUT2D eigenvalue weighted by Crippen LogP contribution is 2.49. The number of likely N-dealkylation sites (N-methyl/N-ethyl adjacent to an activating group) is 1. The third kappa shape index (κ3) is 4.26. The van der Waals surface area contributed by atoms with Crippen LogP contribution in [0.15, 0.2) is 18.2 Å². The van der Waals surface area contributed by atoms with Crippen LogP contribution in [0.3, 0.4) is 0 Å². The maximum atomic E-state index is 13.8. The van der Waals surface area contributed by atoms with Crippen LogP contribution in [-0.4, -0.2) is 59.4 Å². The van der Waals surface area contributed by atoms with E-state index in [9.17, 15) is 23.2 Å². The second kappa shape index (κ2) is 7.62. The Labute approximate surface area is 155 Å².